The quantitative estimate of drug-likeness (QED) is 0.672. The number of thioether (sulfide) groups is 1. The summed E-state index contributed by atoms with van der Waals surface area (Å²) in [5.74, 6) is 0. The minimum Gasteiger partial charge on any atom is -0.380 e. The van der Waals surface area contributed by atoms with E-state index in [9.17, 15) is 0 Å². The fraction of sp³-hybridized carbons (Fsp3) is 0.200. The van der Waals surface area contributed by atoms with Gasteiger partial charge in [0.25, 0.3) is 0 Å². The Morgan fingerprint density at radius 2 is 2.08 bits per heavy atom. The second-order valence-corrected chi connectivity index (χ2v) is 7.61. The zero-order chi connectivity index (χ0) is 18.4. The van der Waals surface area contributed by atoms with E-state index in [4.69, 9.17) is 5.14 Å². The Balaban J connectivity index is 1.94. The second-order valence-electron chi connectivity index (χ2n) is 5.96. The molecule has 0 bridgehead atoms. The van der Waals surface area contributed by atoms with E-state index in [1.165, 1.54) is 17.5 Å². The zero-order valence-corrected chi connectivity index (χ0v) is 16.4. The lowest BCUT2D eigenvalue weighted by atomic mass is 10.1. The Morgan fingerprint density at radius 1 is 1.27 bits per heavy atom. The third-order valence-electron chi connectivity index (χ3n) is 3.90. The molecule has 0 spiro atoms. The summed E-state index contributed by atoms with van der Waals surface area (Å²) in [6.07, 6.45) is 2.82. The minimum absolute atomic E-state index is 0.735. The zero-order valence-electron chi connectivity index (χ0n) is 14.7. The number of nitrogens with zero attached hydrogens (tertiary/aromatic N) is 2. The monoisotopic (exact) mass is 382 g/mol. The molecule has 6 heteroatoms. The van der Waals surface area contributed by atoms with Gasteiger partial charge in [-0.2, -0.15) is 0 Å². The van der Waals surface area contributed by atoms with Gasteiger partial charge in [0.05, 0.1) is 10.6 Å². The van der Waals surface area contributed by atoms with E-state index in [1.807, 2.05) is 31.3 Å². The largest absolute Gasteiger partial charge is 0.380 e. The molecule has 0 fully saturated rings. The number of allylic oxidation sites excluding steroid dienone is 1. The number of rotatable bonds is 6. The van der Waals surface area contributed by atoms with E-state index in [1.54, 1.807) is 11.8 Å². The van der Waals surface area contributed by atoms with Gasteiger partial charge < -0.3 is 5.32 Å². The van der Waals surface area contributed by atoms with Crippen molar-refractivity contribution in [3.8, 4) is 0 Å². The van der Waals surface area contributed by atoms with Crippen LogP contribution in [0.3, 0.4) is 0 Å². The molecule has 1 aliphatic rings. The number of hydrogen-bond acceptors (Lipinski definition) is 6. The lowest BCUT2D eigenvalue weighted by molar-refractivity contribution is 1.04. The van der Waals surface area contributed by atoms with Crippen LogP contribution in [-0.4, -0.2) is 17.9 Å². The molecule has 134 valence electrons. The molecule has 0 atom stereocenters. The first-order valence-electron chi connectivity index (χ1n) is 8.40. The molecule has 3 rings (SSSR count). The molecular weight excluding hydrogens is 360 g/mol. The van der Waals surface area contributed by atoms with Gasteiger partial charge in [0.1, 0.15) is 0 Å². The van der Waals surface area contributed by atoms with Crippen LogP contribution in [0.4, 0.5) is 5.69 Å². The highest BCUT2D eigenvalue weighted by molar-refractivity contribution is 8.14. The maximum Gasteiger partial charge on any atom is 0.187 e. The molecule has 0 saturated carbocycles. The highest BCUT2D eigenvalue weighted by Crippen LogP contribution is 2.39. The molecule has 26 heavy (non-hydrogen) atoms. The van der Waals surface area contributed by atoms with E-state index in [-0.39, 0.29) is 0 Å². The summed E-state index contributed by atoms with van der Waals surface area (Å²) in [4.78, 5) is 11.0. The van der Waals surface area contributed by atoms with Crippen LogP contribution >= 0.6 is 23.7 Å². The highest BCUT2D eigenvalue weighted by atomic mass is 32.2. The van der Waals surface area contributed by atoms with Gasteiger partial charge >= 0.3 is 0 Å². The highest BCUT2D eigenvalue weighted by Gasteiger charge is 2.15. The lowest BCUT2D eigenvalue weighted by Crippen LogP contribution is -2.05. The maximum atomic E-state index is 5.97. The van der Waals surface area contributed by atoms with Gasteiger partial charge in [0.2, 0.25) is 0 Å². The van der Waals surface area contributed by atoms with E-state index in [0.717, 1.165) is 51.3 Å². The van der Waals surface area contributed by atoms with Gasteiger partial charge in [-0.15, -0.1) is 0 Å². The van der Waals surface area contributed by atoms with Crippen LogP contribution in [0, 0.1) is 0 Å². The third kappa shape index (κ3) is 4.78. The van der Waals surface area contributed by atoms with Crippen molar-refractivity contribution in [1.82, 2.24) is 0 Å². The van der Waals surface area contributed by atoms with Gasteiger partial charge in [-0.3, -0.25) is 10.1 Å². The molecule has 1 heterocycles. The third-order valence-corrected chi connectivity index (χ3v) is 5.67. The van der Waals surface area contributed by atoms with Crippen molar-refractivity contribution in [3.63, 3.8) is 0 Å². The Kier molecular flexibility index (Phi) is 6.55. The van der Waals surface area contributed by atoms with Crippen LogP contribution in [0.25, 0.3) is 5.57 Å². The van der Waals surface area contributed by atoms with E-state index < -0.39 is 0 Å². The summed E-state index contributed by atoms with van der Waals surface area (Å²) >= 11 is 2.80. The fourth-order valence-electron chi connectivity index (χ4n) is 2.52. The predicted octanol–water partition coefficient (Wildman–Crippen LogP) is 5.22. The van der Waals surface area contributed by atoms with E-state index in [0.29, 0.717) is 0 Å². The Morgan fingerprint density at radius 3 is 2.73 bits per heavy atom. The number of aliphatic imine (C=N–C) groups is 2. The molecule has 3 N–H and O–H groups in total. The van der Waals surface area contributed by atoms with Crippen LogP contribution < -0.4 is 10.5 Å². The topological polar surface area (TPSA) is 62.8 Å². The number of amidine groups is 1. The average molecular weight is 383 g/mol. The molecule has 0 amide bonds. The molecule has 0 radical (unpaired) electrons. The number of hydrogen-bond donors (Lipinski definition) is 2. The summed E-state index contributed by atoms with van der Waals surface area (Å²) in [7, 11) is 0. The van der Waals surface area contributed by atoms with Gasteiger partial charge in [0, 0.05) is 30.6 Å². The molecule has 4 nitrogen and oxygen atoms in total. The summed E-state index contributed by atoms with van der Waals surface area (Å²) in [5, 5.41) is 10.3. The predicted molar refractivity (Wildman–Crippen MR) is 116 cm³/mol. The average Bonchev–Trinajstić information content (AvgIpc) is 2.68. The molecule has 1 aliphatic heterocycles. The van der Waals surface area contributed by atoms with E-state index in [2.05, 4.69) is 46.1 Å². The van der Waals surface area contributed by atoms with Gasteiger partial charge in [-0.05, 0) is 53.9 Å². The number of benzene rings is 2. The Hall–Kier alpha value is -2.02. The van der Waals surface area contributed by atoms with Crippen molar-refractivity contribution in [2.45, 2.75) is 29.7 Å². The second kappa shape index (κ2) is 9.07. The molecule has 2 aromatic rings. The first-order valence-corrected chi connectivity index (χ1v) is 10.1. The van der Waals surface area contributed by atoms with Crippen LogP contribution in [0.2, 0.25) is 0 Å². The first kappa shape index (κ1) is 18.8. The normalized spacial score (nSPS) is 13.4. The molecular formula is C20H22N4S2. The summed E-state index contributed by atoms with van der Waals surface area (Å²) in [6.45, 7) is 7.60. The lowest BCUT2D eigenvalue weighted by Gasteiger charge is -2.17. The maximum absolute atomic E-state index is 5.97. The number of anilines is 1. The van der Waals surface area contributed by atoms with Crippen molar-refractivity contribution in [2.75, 3.05) is 11.9 Å². The summed E-state index contributed by atoms with van der Waals surface area (Å²) in [6, 6.07) is 14.5. The standard InChI is InChI=1S/C20H22N4S2/c1-14(2)16-11-17(24-13-15-7-4-3-5-8-15)19(18(12-16)26-21)25-20-22-9-6-10-23-20/h3-5,7-9,11-12,24H,1,6,10,13,21H2,2H3. The molecule has 2 aromatic carbocycles. The SMILES string of the molecule is C=C(C)c1cc(NCc2ccccc2)c(SC2=NCCC=N2)c(SN)c1. The summed E-state index contributed by atoms with van der Waals surface area (Å²) in [5.41, 5.74) is 4.33. The van der Waals surface area contributed by atoms with Crippen LogP contribution in [0.15, 0.2) is 68.8 Å². The summed E-state index contributed by atoms with van der Waals surface area (Å²) < 4.78 is 0. The molecule has 0 aromatic heterocycles. The van der Waals surface area contributed by atoms with Crippen LogP contribution in [0.5, 0.6) is 0 Å². The molecule has 0 saturated heterocycles. The molecule has 0 aliphatic carbocycles. The van der Waals surface area contributed by atoms with Crippen molar-refractivity contribution in [1.29, 1.82) is 0 Å². The van der Waals surface area contributed by atoms with Gasteiger partial charge in [-0.1, -0.05) is 42.5 Å². The van der Waals surface area contributed by atoms with Crippen molar-refractivity contribution in [2.24, 2.45) is 15.1 Å². The van der Waals surface area contributed by atoms with E-state index >= 15 is 0 Å². The number of nitrogens with two attached hydrogens (primary N) is 1. The van der Waals surface area contributed by atoms with Crippen LogP contribution in [0.1, 0.15) is 24.5 Å². The van der Waals surface area contributed by atoms with Gasteiger partial charge in [-0.25, -0.2) is 4.99 Å². The van der Waals surface area contributed by atoms with Crippen LogP contribution in [-0.2, 0) is 6.54 Å². The van der Waals surface area contributed by atoms with Crippen molar-refractivity contribution in [3.05, 3.63) is 60.2 Å². The van der Waals surface area contributed by atoms with Gasteiger partial charge in [0.15, 0.2) is 5.17 Å². The fourth-order valence-corrected chi connectivity index (χ4v) is 4.06. The molecule has 0 unspecified atom stereocenters. The van der Waals surface area contributed by atoms with Crippen molar-refractivity contribution >= 4 is 46.4 Å². The smallest absolute Gasteiger partial charge is 0.187 e. The Labute approximate surface area is 163 Å². The van der Waals surface area contributed by atoms with Crippen molar-refractivity contribution < 1.29 is 0 Å². The Bertz CT molecular complexity index is 844. The first-order chi connectivity index (χ1) is 12.7. The number of nitrogens with one attached hydrogen (secondary N) is 1. The minimum atomic E-state index is 0.735.